The van der Waals surface area contributed by atoms with Crippen LogP contribution in [0.3, 0.4) is 0 Å². The molecule has 1 amide bonds. The van der Waals surface area contributed by atoms with Gasteiger partial charge in [-0.25, -0.2) is 0 Å². The van der Waals surface area contributed by atoms with Gasteiger partial charge in [-0.15, -0.1) is 5.10 Å². The first-order chi connectivity index (χ1) is 10.7. The number of nitrogens with zero attached hydrogens (tertiary/aromatic N) is 5. The summed E-state index contributed by atoms with van der Waals surface area (Å²) >= 11 is 6.07. The Labute approximate surface area is 133 Å². The molecule has 3 rings (SSSR count). The fourth-order valence-electron chi connectivity index (χ4n) is 2.79. The topological polar surface area (TPSA) is 75.9 Å². The Hall–Kier alpha value is -1.99. The lowest BCUT2D eigenvalue weighted by atomic mass is 10.1. The highest BCUT2D eigenvalue weighted by molar-refractivity contribution is 6.31. The van der Waals surface area contributed by atoms with E-state index in [-0.39, 0.29) is 5.91 Å². The number of nitrogens with one attached hydrogen (secondary N) is 1. The van der Waals surface area contributed by atoms with E-state index in [1.54, 1.807) is 18.2 Å². The summed E-state index contributed by atoms with van der Waals surface area (Å²) in [6, 6.07) is 5.16. The highest BCUT2D eigenvalue weighted by atomic mass is 35.5. The minimum atomic E-state index is -0.0356. The van der Waals surface area contributed by atoms with Crippen LogP contribution in [0.2, 0.25) is 5.02 Å². The van der Waals surface area contributed by atoms with E-state index in [2.05, 4.69) is 20.8 Å². The Morgan fingerprint density at radius 3 is 3.09 bits per heavy atom. The van der Waals surface area contributed by atoms with Gasteiger partial charge in [0.15, 0.2) is 0 Å². The van der Waals surface area contributed by atoms with E-state index < -0.39 is 0 Å². The summed E-state index contributed by atoms with van der Waals surface area (Å²) in [5, 5.41) is 14.8. The van der Waals surface area contributed by atoms with Gasteiger partial charge in [0, 0.05) is 18.1 Å². The summed E-state index contributed by atoms with van der Waals surface area (Å²) in [6.45, 7) is 2.42. The van der Waals surface area contributed by atoms with Crippen molar-refractivity contribution in [3.8, 4) is 5.69 Å². The zero-order chi connectivity index (χ0) is 15.5. The van der Waals surface area contributed by atoms with Gasteiger partial charge >= 0.3 is 0 Å². The zero-order valence-corrected chi connectivity index (χ0v) is 13.0. The molecule has 1 aliphatic heterocycles. The van der Waals surface area contributed by atoms with Crippen LogP contribution in [-0.2, 0) is 0 Å². The number of benzene rings is 1. The quantitative estimate of drug-likeness (QED) is 0.909. The predicted octanol–water partition coefficient (Wildman–Crippen LogP) is 0.997. The molecule has 1 atom stereocenters. The molecule has 0 radical (unpaired) electrons. The molecule has 22 heavy (non-hydrogen) atoms. The average Bonchev–Trinajstić information content (AvgIpc) is 3.18. The lowest BCUT2D eigenvalue weighted by molar-refractivity contribution is 0.0787. The molecule has 1 unspecified atom stereocenters. The molecule has 0 saturated carbocycles. The SMILES string of the molecule is CNCC1CCN(C(=O)c2cc(Cl)ccc2-n2cnnn2)C1. The Kier molecular flexibility index (Phi) is 4.35. The van der Waals surface area contributed by atoms with Gasteiger partial charge in [-0.1, -0.05) is 11.6 Å². The summed E-state index contributed by atoms with van der Waals surface area (Å²) < 4.78 is 1.48. The molecule has 1 aromatic heterocycles. The number of rotatable bonds is 4. The van der Waals surface area contributed by atoms with Crippen LogP contribution < -0.4 is 5.32 Å². The van der Waals surface area contributed by atoms with Crippen molar-refractivity contribution in [2.45, 2.75) is 6.42 Å². The van der Waals surface area contributed by atoms with Gasteiger partial charge in [0.05, 0.1) is 11.3 Å². The maximum absolute atomic E-state index is 12.8. The molecule has 1 aliphatic rings. The van der Waals surface area contributed by atoms with E-state index in [0.29, 0.717) is 22.2 Å². The minimum absolute atomic E-state index is 0.0356. The van der Waals surface area contributed by atoms with Crippen molar-refractivity contribution in [1.29, 1.82) is 0 Å². The number of carbonyl (C=O) groups excluding carboxylic acids is 1. The number of amides is 1. The Morgan fingerprint density at radius 2 is 2.36 bits per heavy atom. The number of likely N-dealkylation sites (tertiary alicyclic amines) is 1. The number of tetrazole rings is 1. The molecule has 1 aromatic carbocycles. The summed E-state index contributed by atoms with van der Waals surface area (Å²) in [6.07, 6.45) is 2.47. The number of hydrogen-bond donors (Lipinski definition) is 1. The van der Waals surface area contributed by atoms with Gasteiger partial charge < -0.3 is 10.2 Å². The highest BCUT2D eigenvalue weighted by Gasteiger charge is 2.28. The first-order valence-corrected chi connectivity index (χ1v) is 7.53. The maximum Gasteiger partial charge on any atom is 0.256 e. The predicted molar refractivity (Wildman–Crippen MR) is 82.1 cm³/mol. The molecule has 2 heterocycles. The highest BCUT2D eigenvalue weighted by Crippen LogP contribution is 2.24. The monoisotopic (exact) mass is 320 g/mol. The van der Waals surface area contributed by atoms with Crippen molar-refractivity contribution in [3.05, 3.63) is 35.1 Å². The summed E-state index contributed by atoms with van der Waals surface area (Å²) in [5.41, 5.74) is 1.15. The molecule has 8 heteroatoms. The van der Waals surface area contributed by atoms with E-state index in [1.165, 1.54) is 11.0 Å². The molecule has 7 nitrogen and oxygen atoms in total. The van der Waals surface area contributed by atoms with Crippen LogP contribution >= 0.6 is 11.6 Å². The first-order valence-electron chi connectivity index (χ1n) is 7.16. The van der Waals surface area contributed by atoms with Gasteiger partial charge in [0.1, 0.15) is 6.33 Å². The normalized spacial score (nSPS) is 17.9. The van der Waals surface area contributed by atoms with E-state index in [1.807, 2.05) is 11.9 Å². The van der Waals surface area contributed by atoms with Crippen molar-refractivity contribution in [2.24, 2.45) is 5.92 Å². The van der Waals surface area contributed by atoms with E-state index >= 15 is 0 Å². The molecule has 2 aromatic rings. The van der Waals surface area contributed by atoms with Crippen LogP contribution in [0.4, 0.5) is 0 Å². The number of halogens is 1. The third kappa shape index (κ3) is 2.95. The number of hydrogen-bond acceptors (Lipinski definition) is 5. The van der Waals surface area contributed by atoms with Crippen molar-refractivity contribution < 1.29 is 4.79 Å². The third-order valence-electron chi connectivity index (χ3n) is 3.85. The second-order valence-corrected chi connectivity index (χ2v) is 5.82. The largest absolute Gasteiger partial charge is 0.338 e. The fourth-order valence-corrected chi connectivity index (χ4v) is 2.97. The third-order valence-corrected chi connectivity index (χ3v) is 4.09. The van der Waals surface area contributed by atoms with Crippen LogP contribution in [0.25, 0.3) is 5.69 Å². The summed E-state index contributed by atoms with van der Waals surface area (Å²) in [7, 11) is 1.93. The van der Waals surface area contributed by atoms with Gasteiger partial charge in [0.2, 0.25) is 0 Å². The van der Waals surface area contributed by atoms with Crippen LogP contribution in [0.15, 0.2) is 24.5 Å². The van der Waals surface area contributed by atoms with Crippen molar-refractivity contribution in [1.82, 2.24) is 30.4 Å². The van der Waals surface area contributed by atoms with Crippen LogP contribution in [0, 0.1) is 5.92 Å². The molecule has 1 N–H and O–H groups in total. The smallest absolute Gasteiger partial charge is 0.256 e. The van der Waals surface area contributed by atoms with Crippen LogP contribution in [-0.4, -0.2) is 57.7 Å². The Balaban J connectivity index is 1.88. The van der Waals surface area contributed by atoms with Crippen molar-refractivity contribution in [3.63, 3.8) is 0 Å². The van der Waals surface area contributed by atoms with Crippen LogP contribution in [0.5, 0.6) is 0 Å². The molecular formula is C14H17ClN6O. The van der Waals surface area contributed by atoms with Gasteiger partial charge in [0.25, 0.3) is 5.91 Å². The lowest BCUT2D eigenvalue weighted by Gasteiger charge is -2.18. The van der Waals surface area contributed by atoms with E-state index in [0.717, 1.165) is 26.1 Å². The Bertz CT molecular complexity index is 659. The molecule has 0 aliphatic carbocycles. The molecule has 1 fully saturated rings. The van der Waals surface area contributed by atoms with Gasteiger partial charge in [-0.3, -0.25) is 4.79 Å². The maximum atomic E-state index is 12.8. The summed E-state index contributed by atoms with van der Waals surface area (Å²) in [4.78, 5) is 14.7. The second-order valence-electron chi connectivity index (χ2n) is 5.38. The molecule has 116 valence electrons. The molecule has 1 saturated heterocycles. The lowest BCUT2D eigenvalue weighted by Crippen LogP contribution is -2.31. The summed E-state index contributed by atoms with van der Waals surface area (Å²) in [5.74, 6) is 0.455. The van der Waals surface area contributed by atoms with E-state index in [4.69, 9.17) is 11.6 Å². The number of aromatic nitrogens is 4. The van der Waals surface area contributed by atoms with Crippen LogP contribution in [0.1, 0.15) is 16.8 Å². The standard InChI is InChI=1S/C14H17ClN6O/c1-16-7-10-4-5-20(8-10)14(22)12-6-11(15)2-3-13(12)21-9-17-18-19-21/h2-3,6,9-10,16H,4-5,7-8H2,1H3. The van der Waals surface area contributed by atoms with Gasteiger partial charge in [-0.2, -0.15) is 4.68 Å². The molecule has 0 bridgehead atoms. The van der Waals surface area contributed by atoms with Crippen molar-refractivity contribution in [2.75, 3.05) is 26.7 Å². The number of carbonyl (C=O) groups is 1. The Morgan fingerprint density at radius 1 is 1.50 bits per heavy atom. The first kappa shape index (κ1) is 14.9. The second kappa shape index (κ2) is 6.41. The zero-order valence-electron chi connectivity index (χ0n) is 12.2. The van der Waals surface area contributed by atoms with Crippen molar-refractivity contribution >= 4 is 17.5 Å². The van der Waals surface area contributed by atoms with E-state index in [9.17, 15) is 4.79 Å². The molecular weight excluding hydrogens is 304 g/mol. The van der Waals surface area contributed by atoms with Gasteiger partial charge in [-0.05, 0) is 54.6 Å². The fraction of sp³-hybridized carbons (Fsp3) is 0.429. The molecule has 0 spiro atoms. The average molecular weight is 321 g/mol. The minimum Gasteiger partial charge on any atom is -0.338 e.